The molecule has 0 fully saturated rings. The average molecular weight is 258 g/mol. The summed E-state index contributed by atoms with van der Waals surface area (Å²) in [6, 6.07) is 3.77. The van der Waals surface area contributed by atoms with Gasteiger partial charge >= 0.3 is 0 Å². The van der Waals surface area contributed by atoms with E-state index >= 15 is 0 Å². The summed E-state index contributed by atoms with van der Waals surface area (Å²) in [5.41, 5.74) is 0.576. The molecule has 2 aromatic rings. The van der Waals surface area contributed by atoms with E-state index in [-0.39, 0.29) is 11.9 Å². The van der Waals surface area contributed by atoms with Crippen LogP contribution in [-0.2, 0) is 0 Å². The SMILES string of the molecule is CCCC(C)NC(=O)c1ccc(-n2ccnc2)nc1. The fourth-order valence-corrected chi connectivity index (χ4v) is 1.88. The van der Waals surface area contributed by atoms with Crippen molar-refractivity contribution in [2.75, 3.05) is 0 Å². The van der Waals surface area contributed by atoms with Crippen LogP contribution in [0.2, 0.25) is 0 Å². The second-order valence-electron chi connectivity index (χ2n) is 4.54. The molecule has 0 aliphatic heterocycles. The first-order chi connectivity index (χ1) is 9.20. The van der Waals surface area contributed by atoms with Gasteiger partial charge in [-0.15, -0.1) is 0 Å². The predicted octanol–water partition coefficient (Wildman–Crippen LogP) is 2.19. The van der Waals surface area contributed by atoms with Gasteiger partial charge < -0.3 is 5.32 Å². The second kappa shape index (κ2) is 6.13. The molecule has 5 heteroatoms. The molecule has 0 aliphatic rings. The van der Waals surface area contributed by atoms with Crippen molar-refractivity contribution in [3.05, 3.63) is 42.6 Å². The molecular formula is C14H18N4O. The highest BCUT2D eigenvalue weighted by Gasteiger charge is 2.09. The second-order valence-corrected chi connectivity index (χ2v) is 4.54. The quantitative estimate of drug-likeness (QED) is 0.894. The molecule has 0 saturated heterocycles. The van der Waals surface area contributed by atoms with E-state index in [0.29, 0.717) is 5.56 Å². The molecule has 2 rings (SSSR count). The number of pyridine rings is 1. The van der Waals surface area contributed by atoms with Crippen molar-refractivity contribution in [2.45, 2.75) is 32.7 Å². The summed E-state index contributed by atoms with van der Waals surface area (Å²) in [7, 11) is 0. The lowest BCUT2D eigenvalue weighted by Crippen LogP contribution is -2.32. The largest absolute Gasteiger partial charge is 0.350 e. The van der Waals surface area contributed by atoms with Gasteiger partial charge in [0.25, 0.3) is 5.91 Å². The molecule has 1 N–H and O–H groups in total. The number of hydrogen-bond donors (Lipinski definition) is 1. The lowest BCUT2D eigenvalue weighted by Gasteiger charge is -2.12. The molecule has 0 radical (unpaired) electrons. The van der Waals surface area contributed by atoms with Gasteiger partial charge in [-0.05, 0) is 25.5 Å². The van der Waals surface area contributed by atoms with Gasteiger partial charge in [-0.25, -0.2) is 9.97 Å². The van der Waals surface area contributed by atoms with Gasteiger partial charge in [0.05, 0.1) is 5.56 Å². The van der Waals surface area contributed by atoms with Crippen LogP contribution in [0.15, 0.2) is 37.1 Å². The summed E-state index contributed by atoms with van der Waals surface area (Å²) >= 11 is 0. The van der Waals surface area contributed by atoms with E-state index in [4.69, 9.17) is 0 Å². The highest BCUT2D eigenvalue weighted by atomic mass is 16.1. The zero-order valence-electron chi connectivity index (χ0n) is 11.2. The van der Waals surface area contributed by atoms with Gasteiger partial charge in [-0.3, -0.25) is 9.36 Å². The van der Waals surface area contributed by atoms with E-state index < -0.39 is 0 Å². The number of hydrogen-bond acceptors (Lipinski definition) is 3. The van der Waals surface area contributed by atoms with Crippen LogP contribution in [0, 0.1) is 0 Å². The Labute approximate surface area is 112 Å². The maximum Gasteiger partial charge on any atom is 0.253 e. The zero-order valence-corrected chi connectivity index (χ0v) is 11.2. The Morgan fingerprint density at radius 1 is 1.47 bits per heavy atom. The van der Waals surface area contributed by atoms with Crippen LogP contribution in [0.4, 0.5) is 0 Å². The normalized spacial score (nSPS) is 12.1. The summed E-state index contributed by atoms with van der Waals surface area (Å²) in [6.45, 7) is 4.11. The van der Waals surface area contributed by atoms with Crippen molar-refractivity contribution in [3.8, 4) is 5.82 Å². The smallest absolute Gasteiger partial charge is 0.253 e. The summed E-state index contributed by atoms with van der Waals surface area (Å²) in [6.07, 6.45) is 8.79. The van der Waals surface area contributed by atoms with Gasteiger partial charge in [0.15, 0.2) is 0 Å². The fourth-order valence-electron chi connectivity index (χ4n) is 1.88. The van der Waals surface area contributed by atoms with E-state index in [1.54, 1.807) is 35.4 Å². The third kappa shape index (κ3) is 3.40. The Morgan fingerprint density at radius 2 is 2.32 bits per heavy atom. The number of imidazole rings is 1. The van der Waals surface area contributed by atoms with Crippen molar-refractivity contribution >= 4 is 5.91 Å². The maximum absolute atomic E-state index is 12.0. The topological polar surface area (TPSA) is 59.8 Å². The molecule has 0 bridgehead atoms. The van der Waals surface area contributed by atoms with Crippen LogP contribution in [-0.4, -0.2) is 26.5 Å². The number of aromatic nitrogens is 3. The first kappa shape index (κ1) is 13.3. The van der Waals surface area contributed by atoms with Gasteiger partial charge in [0.1, 0.15) is 12.1 Å². The average Bonchev–Trinajstić information content (AvgIpc) is 2.93. The monoisotopic (exact) mass is 258 g/mol. The van der Waals surface area contributed by atoms with Crippen LogP contribution in [0.1, 0.15) is 37.0 Å². The standard InChI is InChI=1S/C14H18N4O/c1-3-4-11(2)17-14(19)12-5-6-13(16-9-12)18-8-7-15-10-18/h5-11H,3-4H2,1-2H3,(H,17,19). The third-order valence-electron chi connectivity index (χ3n) is 2.88. The number of nitrogens with zero attached hydrogens (tertiary/aromatic N) is 3. The van der Waals surface area contributed by atoms with Crippen molar-refractivity contribution in [1.82, 2.24) is 19.9 Å². The van der Waals surface area contributed by atoms with Crippen LogP contribution in [0.25, 0.3) is 5.82 Å². The van der Waals surface area contributed by atoms with E-state index in [9.17, 15) is 4.79 Å². The number of nitrogens with one attached hydrogen (secondary N) is 1. The number of amides is 1. The Balaban J connectivity index is 2.04. The minimum atomic E-state index is -0.0781. The molecule has 19 heavy (non-hydrogen) atoms. The Hall–Kier alpha value is -2.17. The molecule has 0 saturated carbocycles. The Bertz CT molecular complexity index is 519. The summed E-state index contributed by atoms with van der Waals surface area (Å²) in [5, 5.41) is 2.95. The molecule has 1 unspecified atom stereocenters. The molecule has 0 spiro atoms. The highest BCUT2D eigenvalue weighted by molar-refractivity contribution is 5.94. The summed E-state index contributed by atoms with van der Waals surface area (Å²) < 4.78 is 1.79. The van der Waals surface area contributed by atoms with Crippen molar-refractivity contribution in [1.29, 1.82) is 0 Å². The number of carbonyl (C=O) groups is 1. The minimum Gasteiger partial charge on any atom is -0.350 e. The molecule has 1 amide bonds. The lowest BCUT2D eigenvalue weighted by atomic mass is 10.2. The summed E-state index contributed by atoms with van der Waals surface area (Å²) in [5.74, 6) is 0.668. The van der Waals surface area contributed by atoms with Crippen LogP contribution < -0.4 is 5.32 Å². The number of rotatable bonds is 5. The van der Waals surface area contributed by atoms with E-state index in [1.807, 2.05) is 13.1 Å². The van der Waals surface area contributed by atoms with E-state index in [2.05, 4.69) is 22.2 Å². The summed E-state index contributed by atoms with van der Waals surface area (Å²) in [4.78, 5) is 20.2. The first-order valence-corrected chi connectivity index (χ1v) is 6.46. The van der Waals surface area contributed by atoms with Gasteiger partial charge in [-0.1, -0.05) is 13.3 Å². The van der Waals surface area contributed by atoms with E-state index in [1.165, 1.54) is 0 Å². The first-order valence-electron chi connectivity index (χ1n) is 6.46. The molecule has 0 aromatic carbocycles. The molecule has 2 aromatic heterocycles. The van der Waals surface area contributed by atoms with Crippen molar-refractivity contribution in [2.24, 2.45) is 0 Å². The molecule has 5 nitrogen and oxygen atoms in total. The van der Waals surface area contributed by atoms with Gasteiger partial charge in [0.2, 0.25) is 0 Å². The van der Waals surface area contributed by atoms with Gasteiger partial charge in [0, 0.05) is 24.6 Å². The minimum absolute atomic E-state index is 0.0781. The fraction of sp³-hybridized carbons (Fsp3) is 0.357. The zero-order chi connectivity index (χ0) is 13.7. The highest BCUT2D eigenvalue weighted by Crippen LogP contribution is 2.06. The van der Waals surface area contributed by atoms with Crippen LogP contribution >= 0.6 is 0 Å². The van der Waals surface area contributed by atoms with Gasteiger partial charge in [-0.2, -0.15) is 0 Å². The molecule has 0 aliphatic carbocycles. The van der Waals surface area contributed by atoms with Crippen molar-refractivity contribution < 1.29 is 4.79 Å². The molecule has 2 heterocycles. The third-order valence-corrected chi connectivity index (χ3v) is 2.88. The van der Waals surface area contributed by atoms with E-state index in [0.717, 1.165) is 18.7 Å². The molecular weight excluding hydrogens is 240 g/mol. The van der Waals surface area contributed by atoms with Crippen LogP contribution in [0.3, 0.4) is 0 Å². The maximum atomic E-state index is 12.0. The Kier molecular flexibility index (Phi) is 4.28. The number of carbonyl (C=O) groups excluding carboxylic acids is 1. The lowest BCUT2D eigenvalue weighted by molar-refractivity contribution is 0.0938. The predicted molar refractivity (Wildman–Crippen MR) is 73.2 cm³/mol. The molecule has 1 atom stereocenters. The van der Waals surface area contributed by atoms with Crippen molar-refractivity contribution in [3.63, 3.8) is 0 Å². The van der Waals surface area contributed by atoms with Crippen LogP contribution in [0.5, 0.6) is 0 Å². The molecule has 100 valence electrons. The Morgan fingerprint density at radius 3 is 2.89 bits per heavy atom.